The third kappa shape index (κ3) is 5.37. The molecule has 0 radical (unpaired) electrons. The fourth-order valence-electron chi connectivity index (χ4n) is 1.43. The number of hydrogen-bond acceptors (Lipinski definition) is 6. The van der Waals surface area contributed by atoms with Crippen molar-refractivity contribution >= 4 is 23.1 Å². The van der Waals surface area contributed by atoms with Gasteiger partial charge in [-0.2, -0.15) is 0 Å². The Bertz CT molecular complexity index is 430. The number of pyridine rings is 1. The van der Waals surface area contributed by atoms with Gasteiger partial charge in [0.1, 0.15) is 0 Å². The number of ether oxygens (including phenoxy) is 1. The summed E-state index contributed by atoms with van der Waals surface area (Å²) in [6, 6.07) is 1.28. The first-order valence-electron chi connectivity index (χ1n) is 5.76. The predicted octanol–water partition coefficient (Wildman–Crippen LogP) is 1.63. The van der Waals surface area contributed by atoms with Crippen LogP contribution in [0, 0.1) is 10.1 Å². The Morgan fingerprint density at radius 3 is 2.95 bits per heavy atom. The summed E-state index contributed by atoms with van der Waals surface area (Å²) in [7, 11) is 3.59. The first-order valence-corrected chi connectivity index (χ1v) is 6.13. The van der Waals surface area contributed by atoms with Crippen molar-refractivity contribution in [3.8, 4) is 0 Å². The number of hydrogen-bond donors (Lipinski definition) is 1. The number of anilines is 1. The third-order valence-corrected chi connectivity index (χ3v) is 2.70. The lowest BCUT2D eigenvalue weighted by Crippen LogP contribution is -2.28. The van der Waals surface area contributed by atoms with Crippen molar-refractivity contribution in [2.45, 2.75) is 0 Å². The van der Waals surface area contributed by atoms with Gasteiger partial charge >= 0.3 is 5.69 Å². The first-order chi connectivity index (χ1) is 9.04. The second-order valence-corrected chi connectivity index (χ2v) is 4.44. The van der Waals surface area contributed by atoms with Crippen LogP contribution in [0.2, 0.25) is 5.02 Å². The summed E-state index contributed by atoms with van der Waals surface area (Å²) in [5, 5.41) is 14.0. The van der Waals surface area contributed by atoms with Crippen molar-refractivity contribution in [1.82, 2.24) is 9.88 Å². The van der Waals surface area contributed by atoms with Gasteiger partial charge < -0.3 is 15.0 Å². The van der Waals surface area contributed by atoms with Crippen molar-refractivity contribution in [2.24, 2.45) is 0 Å². The third-order valence-electron chi connectivity index (χ3n) is 2.49. The van der Waals surface area contributed by atoms with Gasteiger partial charge in [0.2, 0.25) is 5.82 Å². The largest absolute Gasteiger partial charge is 0.383 e. The van der Waals surface area contributed by atoms with Crippen molar-refractivity contribution in [1.29, 1.82) is 0 Å². The number of methoxy groups -OCH3 is 1. The number of halogens is 1. The molecule has 0 saturated carbocycles. The minimum Gasteiger partial charge on any atom is -0.383 e. The van der Waals surface area contributed by atoms with E-state index >= 15 is 0 Å². The molecule has 1 heterocycles. The summed E-state index contributed by atoms with van der Waals surface area (Å²) in [5.41, 5.74) is -0.118. The molecular weight excluding hydrogens is 272 g/mol. The smallest absolute Gasteiger partial charge is 0.312 e. The molecule has 0 atom stereocenters. The molecule has 1 aromatic heterocycles. The maximum Gasteiger partial charge on any atom is 0.312 e. The lowest BCUT2D eigenvalue weighted by atomic mass is 10.4. The molecule has 0 saturated heterocycles. The minimum absolute atomic E-state index is 0.118. The van der Waals surface area contributed by atoms with Gasteiger partial charge in [0.05, 0.1) is 16.6 Å². The van der Waals surface area contributed by atoms with Gasteiger partial charge in [-0.25, -0.2) is 4.98 Å². The summed E-state index contributed by atoms with van der Waals surface area (Å²) in [6.07, 6.45) is 1.38. The molecule has 0 unspecified atom stereocenters. The normalized spacial score (nSPS) is 10.7. The van der Waals surface area contributed by atoms with Crippen LogP contribution < -0.4 is 5.32 Å². The molecule has 0 amide bonds. The number of nitrogens with zero attached hydrogens (tertiary/aromatic N) is 3. The molecule has 19 heavy (non-hydrogen) atoms. The lowest BCUT2D eigenvalue weighted by molar-refractivity contribution is -0.384. The Labute approximate surface area is 116 Å². The SMILES string of the molecule is COCCN(C)CCNc1ncc(Cl)cc1[N+](=O)[O-]. The summed E-state index contributed by atoms with van der Waals surface area (Å²) >= 11 is 5.69. The molecule has 8 heteroatoms. The van der Waals surface area contributed by atoms with Crippen LogP contribution in [-0.2, 0) is 4.74 Å². The van der Waals surface area contributed by atoms with E-state index in [-0.39, 0.29) is 16.5 Å². The van der Waals surface area contributed by atoms with Crippen LogP contribution in [0.1, 0.15) is 0 Å². The Morgan fingerprint density at radius 1 is 1.58 bits per heavy atom. The Balaban J connectivity index is 2.51. The van der Waals surface area contributed by atoms with Crippen LogP contribution in [-0.4, -0.2) is 55.2 Å². The van der Waals surface area contributed by atoms with Gasteiger partial charge in [-0.15, -0.1) is 0 Å². The van der Waals surface area contributed by atoms with Crippen molar-refractivity contribution in [3.63, 3.8) is 0 Å². The van der Waals surface area contributed by atoms with E-state index < -0.39 is 4.92 Å². The molecule has 0 fully saturated rings. The highest BCUT2D eigenvalue weighted by Gasteiger charge is 2.15. The molecule has 1 aromatic rings. The number of rotatable bonds is 8. The Kier molecular flexibility index (Phi) is 6.48. The summed E-state index contributed by atoms with van der Waals surface area (Å²) in [4.78, 5) is 16.3. The first kappa shape index (κ1) is 15.6. The highest BCUT2D eigenvalue weighted by atomic mass is 35.5. The van der Waals surface area contributed by atoms with E-state index in [0.717, 1.165) is 13.1 Å². The number of nitro groups is 1. The van der Waals surface area contributed by atoms with Crippen molar-refractivity contribution < 1.29 is 9.66 Å². The molecule has 0 aliphatic rings. The molecule has 0 aliphatic heterocycles. The molecule has 0 bridgehead atoms. The number of aromatic nitrogens is 1. The standard InChI is InChI=1S/C11H17ClN4O3/c1-15(5-6-19-2)4-3-13-11-10(16(17)18)7-9(12)8-14-11/h7-8H,3-6H2,1-2H3,(H,13,14). The van der Waals surface area contributed by atoms with E-state index in [0.29, 0.717) is 13.2 Å². The van der Waals surface area contributed by atoms with E-state index in [2.05, 4.69) is 15.2 Å². The monoisotopic (exact) mass is 288 g/mol. The minimum atomic E-state index is -0.504. The molecule has 0 spiro atoms. The van der Waals surface area contributed by atoms with Crippen molar-refractivity contribution in [3.05, 3.63) is 27.4 Å². The average Bonchev–Trinajstić information content (AvgIpc) is 2.37. The van der Waals surface area contributed by atoms with Crippen LogP contribution in [0.3, 0.4) is 0 Å². The van der Waals surface area contributed by atoms with Crippen molar-refractivity contribution in [2.75, 3.05) is 45.7 Å². The maximum atomic E-state index is 10.9. The van der Waals surface area contributed by atoms with Crippen LogP contribution in [0.5, 0.6) is 0 Å². The van der Waals surface area contributed by atoms with E-state index in [9.17, 15) is 10.1 Å². The summed E-state index contributed by atoms with van der Waals surface area (Å²) in [5.74, 6) is 0.231. The zero-order valence-electron chi connectivity index (χ0n) is 10.9. The molecule has 106 valence electrons. The van der Waals surface area contributed by atoms with Crippen LogP contribution >= 0.6 is 11.6 Å². The van der Waals surface area contributed by atoms with Gasteiger partial charge in [0.25, 0.3) is 0 Å². The quantitative estimate of drug-likeness (QED) is 0.578. The van der Waals surface area contributed by atoms with E-state index in [1.54, 1.807) is 7.11 Å². The lowest BCUT2D eigenvalue weighted by Gasteiger charge is -2.16. The highest BCUT2D eigenvalue weighted by molar-refractivity contribution is 6.30. The fraction of sp³-hybridized carbons (Fsp3) is 0.545. The highest BCUT2D eigenvalue weighted by Crippen LogP contribution is 2.24. The molecular formula is C11H17ClN4O3. The second kappa shape index (κ2) is 7.88. The number of nitrogens with one attached hydrogen (secondary N) is 1. The van der Waals surface area contributed by atoms with E-state index in [4.69, 9.17) is 16.3 Å². The Hall–Kier alpha value is -1.44. The molecule has 0 aliphatic carbocycles. The zero-order chi connectivity index (χ0) is 14.3. The Morgan fingerprint density at radius 2 is 2.32 bits per heavy atom. The van der Waals surface area contributed by atoms with E-state index in [1.807, 2.05) is 7.05 Å². The molecule has 1 N–H and O–H groups in total. The van der Waals surface area contributed by atoms with Crippen LogP contribution in [0.25, 0.3) is 0 Å². The van der Waals surface area contributed by atoms with E-state index in [1.165, 1.54) is 12.3 Å². The predicted molar refractivity (Wildman–Crippen MR) is 73.8 cm³/mol. The van der Waals surface area contributed by atoms with Crippen LogP contribution in [0.15, 0.2) is 12.3 Å². The topological polar surface area (TPSA) is 80.5 Å². The van der Waals surface area contributed by atoms with Gasteiger partial charge in [0.15, 0.2) is 0 Å². The molecule has 1 rings (SSSR count). The zero-order valence-corrected chi connectivity index (χ0v) is 11.7. The molecule has 0 aromatic carbocycles. The maximum absolute atomic E-state index is 10.9. The van der Waals surface area contributed by atoms with Gasteiger partial charge in [-0.05, 0) is 7.05 Å². The van der Waals surface area contributed by atoms with Crippen LogP contribution in [0.4, 0.5) is 11.5 Å². The average molecular weight is 289 g/mol. The van der Waals surface area contributed by atoms with Gasteiger partial charge in [-0.1, -0.05) is 11.6 Å². The second-order valence-electron chi connectivity index (χ2n) is 4.00. The fourth-order valence-corrected chi connectivity index (χ4v) is 1.58. The molecule has 7 nitrogen and oxygen atoms in total. The summed E-state index contributed by atoms with van der Waals surface area (Å²) < 4.78 is 4.96. The van der Waals surface area contributed by atoms with Gasteiger partial charge in [-0.3, -0.25) is 10.1 Å². The van der Waals surface area contributed by atoms with Gasteiger partial charge in [0, 0.05) is 39.0 Å². The summed E-state index contributed by atoms with van der Waals surface area (Å²) in [6.45, 7) is 2.73. The number of likely N-dealkylation sites (N-methyl/N-ethyl adjacent to an activating group) is 1.